The molecule has 0 aromatic heterocycles. The van der Waals surface area contributed by atoms with Crippen molar-refractivity contribution < 1.29 is 18.0 Å². The highest BCUT2D eigenvalue weighted by molar-refractivity contribution is 5.93. The number of amides is 1. The zero-order valence-corrected chi connectivity index (χ0v) is 17.9. The first kappa shape index (κ1) is 27.0. The SMILES string of the molecule is C#C.C=C(C)C(F)(F)F.CN(Cc1ccccc1)Cc1ccc(C(=O)N(C)C)cc1. The van der Waals surface area contributed by atoms with Crippen LogP contribution < -0.4 is 0 Å². The van der Waals surface area contributed by atoms with E-state index in [9.17, 15) is 18.0 Å². The van der Waals surface area contributed by atoms with Gasteiger partial charge in [0.1, 0.15) is 0 Å². The van der Waals surface area contributed by atoms with Crippen LogP contribution in [0.4, 0.5) is 13.2 Å². The van der Waals surface area contributed by atoms with E-state index in [1.54, 1.807) is 19.0 Å². The van der Waals surface area contributed by atoms with E-state index in [4.69, 9.17) is 0 Å². The second-order valence-electron chi connectivity index (χ2n) is 6.83. The minimum absolute atomic E-state index is 0.0409. The third kappa shape index (κ3) is 10.5. The van der Waals surface area contributed by atoms with E-state index in [-0.39, 0.29) is 5.91 Å². The Kier molecular flexibility index (Phi) is 11.9. The lowest BCUT2D eigenvalue weighted by atomic mass is 10.1. The predicted molar refractivity (Wildman–Crippen MR) is 117 cm³/mol. The van der Waals surface area contributed by atoms with Crippen molar-refractivity contribution in [3.63, 3.8) is 0 Å². The van der Waals surface area contributed by atoms with Gasteiger partial charge >= 0.3 is 6.18 Å². The summed E-state index contributed by atoms with van der Waals surface area (Å²) in [7, 11) is 5.64. The molecule has 0 heterocycles. The number of carbonyl (C=O) groups is 1. The first-order chi connectivity index (χ1) is 14.0. The quantitative estimate of drug-likeness (QED) is 0.480. The van der Waals surface area contributed by atoms with E-state index in [2.05, 4.69) is 55.6 Å². The Labute approximate surface area is 177 Å². The molecule has 0 spiro atoms. The van der Waals surface area contributed by atoms with Crippen molar-refractivity contribution in [2.24, 2.45) is 0 Å². The Morgan fingerprint density at radius 1 is 0.900 bits per heavy atom. The van der Waals surface area contributed by atoms with Crippen LogP contribution in [0, 0.1) is 12.8 Å². The van der Waals surface area contributed by atoms with Crippen LogP contribution >= 0.6 is 0 Å². The Morgan fingerprint density at radius 2 is 1.30 bits per heavy atom. The van der Waals surface area contributed by atoms with Crippen LogP contribution in [-0.2, 0) is 13.1 Å². The first-order valence-corrected chi connectivity index (χ1v) is 9.09. The minimum atomic E-state index is -4.19. The Morgan fingerprint density at radius 3 is 1.67 bits per heavy atom. The fourth-order valence-electron chi connectivity index (χ4n) is 2.27. The van der Waals surface area contributed by atoms with Crippen LogP contribution in [-0.4, -0.2) is 43.0 Å². The van der Waals surface area contributed by atoms with Crippen molar-refractivity contribution in [1.82, 2.24) is 9.80 Å². The van der Waals surface area contributed by atoms with E-state index >= 15 is 0 Å². The highest BCUT2D eigenvalue weighted by atomic mass is 19.4. The van der Waals surface area contributed by atoms with Crippen LogP contribution in [0.1, 0.15) is 28.4 Å². The minimum Gasteiger partial charge on any atom is -0.345 e. The lowest BCUT2D eigenvalue weighted by Gasteiger charge is -2.17. The van der Waals surface area contributed by atoms with Crippen molar-refractivity contribution in [2.75, 3.05) is 21.1 Å². The van der Waals surface area contributed by atoms with Crippen molar-refractivity contribution in [1.29, 1.82) is 0 Å². The van der Waals surface area contributed by atoms with Crippen LogP contribution in [0.5, 0.6) is 0 Å². The molecule has 0 N–H and O–H groups in total. The number of benzene rings is 2. The highest BCUT2D eigenvalue weighted by Crippen LogP contribution is 2.22. The Balaban J connectivity index is 0.000000795. The number of nitrogens with zero attached hydrogens (tertiary/aromatic N) is 2. The molecule has 0 fully saturated rings. The van der Waals surface area contributed by atoms with Gasteiger partial charge in [0.15, 0.2) is 0 Å². The fraction of sp³-hybridized carbons (Fsp3) is 0.292. The molecule has 0 atom stereocenters. The van der Waals surface area contributed by atoms with Crippen molar-refractivity contribution in [3.05, 3.63) is 83.4 Å². The number of allylic oxidation sites excluding steroid dienone is 1. The second-order valence-corrected chi connectivity index (χ2v) is 6.83. The number of halogens is 3. The maximum Gasteiger partial charge on any atom is 0.411 e. The van der Waals surface area contributed by atoms with Gasteiger partial charge < -0.3 is 4.90 Å². The number of rotatable bonds is 5. The first-order valence-electron chi connectivity index (χ1n) is 9.09. The molecule has 0 unspecified atom stereocenters. The summed E-state index contributed by atoms with van der Waals surface area (Å²) in [4.78, 5) is 15.7. The molecule has 30 heavy (non-hydrogen) atoms. The van der Waals surface area contributed by atoms with Gasteiger partial charge in [-0.2, -0.15) is 13.2 Å². The van der Waals surface area contributed by atoms with E-state index in [0.29, 0.717) is 0 Å². The molecular formula is C24H29F3N2O. The van der Waals surface area contributed by atoms with E-state index in [1.807, 2.05) is 30.3 Å². The van der Waals surface area contributed by atoms with Crippen LogP contribution in [0.25, 0.3) is 0 Å². The van der Waals surface area contributed by atoms with Crippen LogP contribution in [0.2, 0.25) is 0 Å². The number of carbonyl (C=O) groups excluding carboxylic acids is 1. The maximum atomic E-state index is 11.8. The zero-order chi connectivity index (χ0) is 23.3. The molecule has 0 aliphatic heterocycles. The normalized spacial score (nSPS) is 10.2. The molecule has 162 valence electrons. The van der Waals surface area contributed by atoms with Crippen molar-refractivity contribution in [3.8, 4) is 12.8 Å². The second kappa shape index (κ2) is 13.2. The molecule has 0 aliphatic rings. The summed E-state index contributed by atoms with van der Waals surface area (Å²) in [5.74, 6) is 0.0409. The van der Waals surface area contributed by atoms with Gasteiger partial charge in [-0.15, -0.1) is 12.8 Å². The van der Waals surface area contributed by atoms with Gasteiger partial charge in [0.2, 0.25) is 0 Å². The molecule has 0 saturated carbocycles. The third-order valence-corrected chi connectivity index (χ3v) is 3.84. The molecule has 2 aromatic rings. The molecule has 0 radical (unpaired) electrons. The van der Waals surface area contributed by atoms with Gasteiger partial charge in [0.25, 0.3) is 5.91 Å². The number of alkyl halides is 3. The predicted octanol–water partition coefficient (Wildman–Crippen LogP) is 5.39. The molecule has 2 rings (SSSR count). The van der Waals surface area contributed by atoms with E-state index < -0.39 is 11.7 Å². The molecule has 1 amide bonds. The van der Waals surface area contributed by atoms with E-state index in [1.165, 1.54) is 11.1 Å². The lowest BCUT2D eigenvalue weighted by molar-refractivity contribution is -0.0909. The monoisotopic (exact) mass is 418 g/mol. The topological polar surface area (TPSA) is 23.6 Å². The average Bonchev–Trinajstić information content (AvgIpc) is 2.70. The number of terminal acetylenes is 1. The van der Waals surface area contributed by atoms with Crippen molar-refractivity contribution in [2.45, 2.75) is 26.2 Å². The third-order valence-electron chi connectivity index (χ3n) is 3.84. The molecule has 0 aliphatic carbocycles. The largest absolute Gasteiger partial charge is 0.411 e. The summed E-state index contributed by atoms with van der Waals surface area (Å²) >= 11 is 0. The molecule has 3 nitrogen and oxygen atoms in total. The number of hydrogen-bond acceptors (Lipinski definition) is 2. The average molecular weight is 419 g/mol. The van der Waals surface area contributed by atoms with Crippen LogP contribution in [0.15, 0.2) is 66.7 Å². The summed E-state index contributed by atoms with van der Waals surface area (Å²) in [5.41, 5.74) is 2.49. The Hall–Kier alpha value is -3.04. The molecule has 0 bridgehead atoms. The summed E-state index contributed by atoms with van der Waals surface area (Å²) in [6, 6.07) is 18.3. The van der Waals surface area contributed by atoms with Gasteiger partial charge in [-0.3, -0.25) is 9.69 Å². The Bertz CT molecular complexity index is 795. The van der Waals surface area contributed by atoms with Gasteiger partial charge in [-0.25, -0.2) is 0 Å². The van der Waals surface area contributed by atoms with Gasteiger partial charge in [0.05, 0.1) is 0 Å². The lowest BCUT2D eigenvalue weighted by Crippen LogP contribution is -2.21. The molecular weight excluding hydrogens is 389 g/mol. The number of hydrogen-bond donors (Lipinski definition) is 0. The highest BCUT2D eigenvalue weighted by Gasteiger charge is 2.27. The molecule has 6 heteroatoms. The van der Waals surface area contributed by atoms with Gasteiger partial charge in [0, 0.05) is 38.3 Å². The molecule has 2 aromatic carbocycles. The standard InChI is InChI=1S/C18H22N2O.C4H5F3.C2H2/c1-19(2)18(21)17-11-9-16(10-12-17)14-20(3)13-15-7-5-4-6-8-15;1-3(2)4(5,6)7;1-2/h4-12H,13-14H2,1-3H3;1H2,2H3;1-2H. The van der Waals surface area contributed by atoms with Crippen molar-refractivity contribution >= 4 is 5.91 Å². The maximum absolute atomic E-state index is 11.8. The summed E-state index contributed by atoms with van der Waals surface area (Å²) in [5, 5.41) is 0. The fourth-order valence-corrected chi connectivity index (χ4v) is 2.27. The zero-order valence-electron chi connectivity index (χ0n) is 17.9. The summed E-state index contributed by atoms with van der Waals surface area (Å²) in [6.45, 7) is 5.41. The van der Waals surface area contributed by atoms with Gasteiger partial charge in [-0.1, -0.05) is 49.0 Å². The smallest absolute Gasteiger partial charge is 0.345 e. The van der Waals surface area contributed by atoms with E-state index in [0.717, 1.165) is 25.6 Å². The summed E-state index contributed by atoms with van der Waals surface area (Å²) < 4.78 is 33.2. The van der Waals surface area contributed by atoms with Gasteiger partial charge in [-0.05, 0) is 37.2 Å². The summed E-state index contributed by atoms with van der Waals surface area (Å²) in [6.07, 6.45) is 3.81. The molecule has 0 saturated heterocycles. The van der Waals surface area contributed by atoms with Crippen LogP contribution in [0.3, 0.4) is 0 Å².